The van der Waals surface area contributed by atoms with E-state index in [0.29, 0.717) is 41.6 Å². The molecule has 8 nitrogen and oxygen atoms in total. The van der Waals surface area contributed by atoms with Crippen LogP contribution in [0.3, 0.4) is 0 Å². The highest BCUT2D eigenvalue weighted by Gasteiger charge is 2.32. The predicted octanol–water partition coefficient (Wildman–Crippen LogP) is 1.50. The molecule has 3 rings (SSSR count). The van der Waals surface area contributed by atoms with Gasteiger partial charge in [-0.2, -0.15) is 0 Å². The molecule has 2 unspecified atom stereocenters. The van der Waals surface area contributed by atoms with Crippen LogP contribution in [0.5, 0.6) is 0 Å². The van der Waals surface area contributed by atoms with Gasteiger partial charge in [0, 0.05) is 35.6 Å². The number of H-pyrrole nitrogens is 1. The van der Waals surface area contributed by atoms with E-state index in [4.69, 9.17) is 16.3 Å². The standard InChI is InChI=1S/C20H27ClN4O4/c1-5-25(17-9-29-10-18(17)26)16-7-13(21)6-14(11(16)2)19(27)22-8-15-12(3)23-24(4)20(15)28/h6-7,17-18,23,26H,5,8-10H2,1-4H3,(H,22,27). The number of carbonyl (C=O) groups excluding carboxylic acids is 1. The number of halogens is 1. The molecule has 0 aliphatic carbocycles. The molecule has 1 aromatic carbocycles. The van der Waals surface area contributed by atoms with Gasteiger partial charge in [-0.3, -0.25) is 19.4 Å². The number of anilines is 1. The number of aryl methyl sites for hydroxylation is 2. The number of hydrogen-bond acceptors (Lipinski definition) is 5. The molecule has 2 heterocycles. The molecule has 0 radical (unpaired) electrons. The van der Waals surface area contributed by atoms with Gasteiger partial charge in [0.2, 0.25) is 0 Å². The summed E-state index contributed by atoms with van der Waals surface area (Å²) in [5.74, 6) is -0.312. The van der Waals surface area contributed by atoms with E-state index in [2.05, 4.69) is 10.4 Å². The molecular weight excluding hydrogens is 396 g/mol. The van der Waals surface area contributed by atoms with Crippen LogP contribution in [0.2, 0.25) is 5.02 Å². The van der Waals surface area contributed by atoms with Gasteiger partial charge in [0.1, 0.15) is 0 Å². The Balaban J connectivity index is 1.87. The highest BCUT2D eigenvalue weighted by atomic mass is 35.5. The highest BCUT2D eigenvalue weighted by molar-refractivity contribution is 6.31. The second-order valence-corrected chi connectivity index (χ2v) is 7.75. The van der Waals surface area contributed by atoms with E-state index in [9.17, 15) is 14.7 Å². The quantitative estimate of drug-likeness (QED) is 0.655. The van der Waals surface area contributed by atoms with Crippen LogP contribution in [0.4, 0.5) is 5.69 Å². The monoisotopic (exact) mass is 422 g/mol. The third-order valence-corrected chi connectivity index (χ3v) is 5.66. The van der Waals surface area contributed by atoms with Crippen LogP contribution >= 0.6 is 11.6 Å². The first-order chi connectivity index (χ1) is 13.7. The molecule has 3 N–H and O–H groups in total. The van der Waals surface area contributed by atoms with Gasteiger partial charge in [0.25, 0.3) is 11.5 Å². The molecule has 0 spiro atoms. The molecule has 9 heteroatoms. The average molecular weight is 423 g/mol. The van der Waals surface area contributed by atoms with Crippen molar-refractivity contribution in [3.8, 4) is 0 Å². The molecule has 0 saturated carbocycles. The Morgan fingerprint density at radius 2 is 2.14 bits per heavy atom. The van der Waals surface area contributed by atoms with Gasteiger partial charge < -0.3 is 20.1 Å². The third-order valence-electron chi connectivity index (χ3n) is 5.44. The van der Waals surface area contributed by atoms with Crippen LogP contribution in [-0.4, -0.2) is 52.7 Å². The molecule has 1 amide bonds. The summed E-state index contributed by atoms with van der Waals surface area (Å²) in [4.78, 5) is 27.0. The number of nitrogens with zero attached hydrogens (tertiary/aromatic N) is 2. The molecule has 29 heavy (non-hydrogen) atoms. The van der Waals surface area contributed by atoms with Crippen molar-refractivity contribution in [1.29, 1.82) is 0 Å². The first-order valence-electron chi connectivity index (χ1n) is 9.59. The highest BCUT2D eigenvalue weighted by Crippen LogP contribution is 2.31. The normalized spacial score (nSPS) is 18.8. The number of hydrogen-bond donors (Lipinski definition) is 3. The van der Waals surface area contributed by atoms with Gasteiger partial charge in [0.05, 0.1) is 37.5 Å². The van der Waals surface area contributed by atoms with Crippen LogP contribution in [0.1, 0.15) is 34.1 Å². The lowest BCUT2D eigenvalue weighted by molar-refractivity contribution is 0.0950. The van der Waals surface area contributed by atoms with E-state index in [1.807, 2.05) is 18.7 Å². The van der Waals surface area contributed by atoms with Crippen molar-refractivity contribution >= 4 is 23.2 Å². The average Bonchev–Trinajstić information content (AvgIpc) is 3.19. The second-order valence-electron chi connectivity index (χ2n) is 7.32. The van der Waals surface area contributed by atoms with Gasteiger partial charge in [-0.1, -0.05) is 11.6 Å². The number of nitrogens with one attached hydrogen (secondary N) is 2. The van der Waals surface area contributed by atoms with E-state index < -0.39 is 6.10 Å². The maximum Gasteiger partial charge on any atom is 0.271 e. The third kappa shape index (κ3) is 4.19. The van der Waals surface area contributed by atoms with Gasteiger partial charge in [0.15, 0.2) is 0 Å². The van der Waals surface area contributed by atoms with E-state index in [1.165, 1.54) is 4.68 Å². The summed E-state index contributed by atoms with van der Waals surface area (Å²) in [6.07, 6.45) is -0.599. The van der Waals surface area contributed by atoms with E-state index in [0.717, 1.165) is 11.3 Å². The van der Waals surface area contributed by atoms with Crippen molar-refractivity contribution in [3.05, 3.63) is 49.9 Å². The number of amides is 1. The zero-order valence-corrected chi connectivity index (χ0v) is 17.8. The topological polar surface area (TPSA) is 99.6 Å². The maximum atomic E-state index is 12.9. The first kappa shape index (κ1) is 21.4. The Morgan fingerprint density at radius 1 is 1.41 bits per heavy atom. The number of benzene rings is 1. The molecular formula is C20H27ClN4O4. The molecule has 1 aliphatic rings. The molecule has 1 saturated heterocycles. The lowest BCUT2D eigenvalue weighted by Crippen LogP contribution is -2.43. The molecule has 2 atom stereocenters. The Kier molecular flexibility index (Phi) is 6.36. The van der Waals surface area contributed by atoms with E-state index in [-0.39, 0.29) is 24.1 Å². The summed E-state index contributed by atoms with van der Waals surface area (Å²) in [7, 11) is 1.63. The number of rotatable bonds is 6. The van der Waals surface area contributed by atoms with Gasteiger partial charge in [-0.25, -0.2) is 0 Å². The van der Waals surface area contributed by atoms with Crippen molar-refractivity contribution < 1.29 is 14.6 Å². The predicted molar refractivity (Wildman–Crippen MR) is 112 cm³/mol. The van der Waals surface area contributed by atoms with Crippen LogP contribution in [0.25, 0.3) is 0 Å². The lowest BCUT2D eigenvalue weighted by atomic mass is 10.0. The Bertz CT molecular complexity index is 968. The molecule has 1 aliphatic heterocycles. The molecule has 158 valence electrons. The molecule has 2 aromatic rings. The lowest BCUT2D eigenvalue weighted by Gasteiger charge is -2.33. The molecule has 0 bridgehead atoms. The van der Waals surface area contributed by atoms with Crippen molar-refractivity contribution in [3.63, 3.8) is 0 Å². The van der Waals surface area contributed by atoms with E-state index in [1.54, 1.807) is 26.1 Å². The van der Waals surface area contributed by atoms with Gasteiger partial charge in [-0.05, 0) is 38.5 Å². The smallest absolute Gasteiger partial charge is 0.271 e. The minimum Gasteiger partial charge on any atom is -0.388 e. The van der Waals surface area contributed by atoms with Crippen molar-refractivity contribution in [2.75, 3.05) is 24.7 Å². The zero-order chi connectivity index (χ0) is 21.3. The molecule has 1 fully saturated rings. The number of aromatic nitrogens is 2. The van der Waals surface area contributed by atoms with Gasteiger partial charge >= 0.3 is 0 Å². The number of aromatic amines is 1. The summed E-state index contributed by atoms with van der Waals surface area (Å²) >= 11 is 6.32. The number of aliphatic hydroxyl groups excluding tert-OH is 1. The maximum absolute atomic E-state index is 12.9. The summed E-state index contributed by atoms with van der Waals surface area (Å²) in [5.41, 5.74) is 3.04. The zero-order valence-electron chi connectivity index (χ0n) is 17.1. The number of aliphatic hydroxyl groups is 1. The summed E-state index contributed by atoms with van der Waals surface area (Å²) in [5, 5.41) is 16.4. The van der Waals surface area contributed by atoms with Crippen molar-refractivity contribution in [2.45, 2.75) is 39.5 Å². The van der Waals surface area contributed by atoms with Crippen LogP contribution in [0.15, 0.2) is 16.9 Å². The SMILES string of the molecule is CCN(c1cc(Cl)cc(C(=O)NCc2c(C)[nH]n(C)c2=O)c1C)C1COCC1O. The summed E-state index contributed by atoms with van der Waals surface area (Å²) in [6, 6.07) is 3.22. The number of likely N-dealkylation sites (N-methyl/N-ethyl adjacent to an activating group) is 1. The van der Waals surface area contributed by atoms with Crippen LogP contribution in [-0.2, 0) is 18.3 Å². The minimum absolute atomic E-state index is 0.120. The Labute approximate surface area is 174 Å². The van der Waals surface area contributed by atoms with Crippen molar-refractivity contribution in [1.82, 2.24) is 15.1 Å². The van der Waals surface area contributed by atoms with Crippen LogP contribution < -0.4 is 15.8 Å². The largest absolute Gasteiger partial charge is 0.388 e. The first-order valence-corrected chi connectivity index (χ1v) is 9.97. The fourth-order valence-corrected chi connectivity index (χ4v) is 4.03. The molecule has 1 aromatic heterocycles. The Hall–Kier alpha value is -2.29. The van der Waals surface area contributed by atoms with Gasteiger partial charge in [-0.15, -0.1) is 0 Å². The fourth-order valence-electron chi connectivity index (χ4n) is 3.82. The van der Waals surface area contributed by atoms with Crippen molar-refractivity contribution in [2.24, 2.45) is 7.05 Å². The number of carbonyl (C=O) groups is 1. The summed E-state index contributed by atoms with van der Waals surface area (Å²) in [6.45, 7) is 7.08. The number of ether oxygens (including phenoxy) is 1. The Morgan fingerprint density at radius 3 is 2.69 bits per heavy atom. The second kappa shape index (κ2) is 8.61. The van der Waals surface area contributed by atoms with E-state index >= 15 is 0 Å². The minimum atomic E-state index is -0.599. The summed E-state index contributed by atoms with van der Waals surface area (Å²) < 4.78 is 6.78. The fraction of sp³-hybridized carbons (Fsp3) is 0.500. The van der Waals surface area contributed by atoms with Crippen LogP contribution in [0, 0.1) is 13.8 Å².